The van der Waals surface area contributed by atoms with Crippen LogP contribution in [0.1, 0.15) is 41.4 Å². The summed E-state index contributed by atoms with van der Waals surface area (Å²) < 4.78 is 10.2. The van der Waals surface area contributed by atoms with E-state index < -0.39 is 0 Å². The second kappa shape index (κ2) is 3.86. The Morgan fingerprint density at radius 1 is 1.50 bits per heavy atom. The quantitative estimate of drug-likeness (QED) is 0.678. The number of ether oxygens (including phenoxy) is 1. The Bertz CT molecular complexity index is 338. The second-order valence-corrected chi connectivity index (χ2v) is 3.50. The fourth-order valence-corrected chi connectivity index (χ4v) is 1.89. The van der Waals surface area contributed by atoms with Gasteiger partial charge in [-0.15, -0.1) is 0 Å². The van der Waals surface area contributed by atoms with Gasteiger partial charge in [-0.05, 0) is 38.2 Å². The zero-order valence-electron chi connectivity index (χ0n) is 8.34. The average molecular weight is 194 g/mol. The number of hydrogen-bond donors (Lipinski definition) is 0. The highest BCUT2D eigenvalue weighted by Gasteiger charge is 2.22. The molecule has 3 heteroatoms. The summed E-state index contributed by atoms with van der Waals surface area (Å²) in [6, 6.07) is 0. The molecule has 0 radical (unpaired) electrons. The molecule has 0 spiro atoms. The average Bonchev–Trinajstić information content (AvgIpc) is 2.61. The number of furan rings is 1. The lowest BCUT2D eigenvalue weighted by molar-refractivity contribution is 0.0488. The maximum absolute atomic E-state index is 11.5. The summed E-state index contributed by atoms with van der Waals surface area (Å²) in [7, 11) is 0. The van der Waals surface area contributed by atoms with Crippen LogP contribution in [0.15, 0.2) is 10.7 Å². The Kier molecular flexibility index (Phi) is 2.57. The minimum absolute atomic E-state index is 0.323. The van der Waals surface area contributed by atoms with Gasteiger partial charge >= 0.3 is 5.97 Å². The van der Waals surface area contributed by atoms with Crippen LogP contribution in [0.5, 0.6) is 0 Å². The molecule has 0 unspecified atom stereocenters. The standard InChI is InChI=1S/C11H14O3/c1-2-13-11(12)10-9-6-4-3-5-8(9)7-14-10/h7H,2-6H2,1H3. The highest BCUT2D eigenvalue weighted by molar-refractivity contribution is 5.88. The van der Waals surface area contributed by atoms with Crippen LogP contribution in [0.4, 0.5) is 0 Å². The van der Waals surface area contributed by atoms with Crippen LogP contribution in [0.2, 0.25) is 0 Å². The SMILES string of the molecule is CCOC(=O)c1occ2c1CCCC2. The van der Waals surface area contributed by atoms with Gasteiger partial charge in [-0.2, -0.15) is 0 Å². The van der Waals surface area contributed by atoms with E-state index in [1.807, 2.05) is 0 Å². The van der Waals surface area contributed by atoms with E-state index in [4.69, 9.17) is 9.15 Å². The summed E-state index contributed by atoms with van der Waals surface area (Å²) in [5.74, 6) is 0.0946. The molecule has 0 aromatic carbocycles. The third-order valence-corrected chi connectivity index (χ3v) is 2.56. The maximum atomic E-state index is 11.5. The fourth-order valence-electron chi connectivity index (χ4n) is 1.89. The van der Waals surface area contributed by atoms with E-state index in [0.717, 1.165) is 24.8 Å². The van der Waals surface area contributed by atoms with Gasteiger partial charge in [-0.1, -0.05) is 0 Å². The van der Waals surface area contributed by atoms with Crippen molar-refractivity contribution in [1.82, 2.24) is 0 Å². The van der Waals surface area contributed by atoms with Gasteiger partial charge < -0.3 is 9.15 Å². The van der Waals surface area contributed by atoms with Crippen molar-refractivity contribution < 1.29 is 13.9 Å². The molecule has 2 rings (SSSR count). The minimum Gasteiger partial charge on any atom is -0.460 e. The van der Waals surface area contributed by atoms with Crippen LogP contribution in [-0.2, 0) is 17.6 Å². The summed E-state index contributed by atoms with van der Waals surface area (Å²) >= 11 is 0. The maximum Gasteiger partial charge on any atom is 0.374 e. The first-order valence-corrected chi connectivity index (χ1v) is 5.09. The van der Waals surface area contributed by atoms with E-state index in [2.05, 4.69) is 0 Å². The Balaban J connectivity index is 2.25. The predicted molar refractivity (Wildman–Crippen MR) is 51.3 cm³/mol. The Labute approximate surface area is 83.0 Å². The van der Waals surface area contributed by atoms with Crippen LogP contribution < -0.4 is 0 Å². The second-order valence-electron chi connectivity index (χ2n) is 3.50. The molecule has 1 heterocycles. The first-order chi connectivity index (χ1) is 6.83. The zero-order valence-corrected chi connectivity index (χ0v) is 8.34. The number of aryl methyl sites for hydroxylation is 1. The van der Waals surface area contributed by atoms with E-state index in [1.165, 1.54) is 12.0 Å². The summed E-state index contributed by atoms with van der Waals surface area (Å²) in [5, 5.41) is 0. The smallest absolute Gasteiger partial charge is 0.374 e. The number of esters is 1. The lowest BCUT2D eigenvalue weighted by Crippen LogP contribution is -2.09. The van der Waals surface area contributed by atoms with Crippen molar-refractivity contribution >= 4 is 5.97 Å². The highest BCUT2D eigenvalue weighted by Crippen LogP contribution is 2.26. The van der Waals surface area contributed by atoms with Gasteiger partial charge in [-0.3, -0.25) is 0 Å². The highest BCUT2D eigenvalue weighted by atomic mass is 16.5. The van der Waals surface area contributed by atoms with Gasteiger partial charge in [0.15, 0.2) is 0 Å². The predicted octanol–water partition coefficient (Wildman–Crippen LogP) is 2.34. The van der Waals surface area contributed by atoms with Gasteiger partial charge in [0.1, 0.15) is 0 Å². The molecule has 1 aromatic heterocycles. The van der Waals surface area contributed by atoms with Crippen LogP contribution in [0.3, 0.4) is 0 Å². The molecule has 0 aliphatic heterocycles. The molecule has 0 fully saturated rings. The molecule has 0 saturated heterocycles. The number of carbonyl (C=O) groups excluding carboxylic acids is 1. The lowest BCUT2D eigenvalue weighted by atomic mass is 9.94. The van der Waals surface area contributed by atoms with Gasteiger partial charge in [0, 0.05) is 5.56 Å². The summed E-state index contributed by atoms with van der Waals surface area (Å²) in [6.07, 6.45) is 5.99. The van der Waals surface area contributed by atoms with E-state index in [0.29, 0.717) is 12.4 Å². The number of fused-ring (bicyclic) bond motifs is 1. The molecule has 14 heavy (non-hydrogen) atoms. The van der Waals surface area contributed by atoms with Crippen molar-refractivity contribution in [3.05, 3.63) is 23.2 Å². The monoisotopic (exact) mass is 194 g/mol. The topological polar surface area (TPSA) is 39.4 Å². The summed E-state index contributed by atoms with van der Waals surface area (Å²) in [4.78, 5) is 11.5. The van der Waals surface area contributed by atoms with Crippen molar-refractivity contribution in [1.29, 1.82) is 0 Å². The Morgan fingerprint density at radius 3 is 3.07 bits per heavy atom. The Hall–Kier alpha value is -1.25. The fraction of sp³-hybridized carbons (Fsp3) is 0.545. The minimum atomic E-state index is -0.323. The summed E-state index contributed by atoms with van der Waals surface area (Å²) in [6.45, 7) is 2.20. The van der Waals surface area contributed by atoms with Crippen molar-refractivity contribution in [2.24, 2.45) is 0 Å². The van der Waals surface area contributed by atoms with Crippen molar-refractivity contribution in [2.75, 3.05) is 6.61 Å². The van der Waals surface area contributed by atoms with Crippen LogP contribution in [-0.4, -0.2) is 12.6 Å². The lowest BCUT2D eigenvalue weighted by Gasteiger charge is -2.10. The number of carbonyl (C=O) groups is 1. The molecule has 0 saturated carbocycles. The molecular formula is C11H14O3. The molecule has 0 amide bonds. The van der Waals surface area contributed by atoms with Gasteiger partial charge in [0.25, 0.3) is 0 Å². The van der Waals surface area contributed by atoms with Crippen LogP contribution in [0.25, 0.3) is 0 Å². The van der Waals surface area contributed by atoms with E-state index >= 15 is 0 Å². The van der Waals surface area contributed by atoms with Crippen molar-refractivity contribution in [2.45, 2.75) is 32.6 Å². The molecule has 1 aromatic rings. The van der Waals surface area contributed by atoms with E-state index in [1.54, 1.807) is 13.2 Å². The molecule has 76 valence electrons. The Morgan fingerprint density at radius 2 is 2.29 bits per heavy atom. The van der Waals surface area contributed by atoms with Crippen LogP contribution >= 0.6 is 0 Å². The van der Waals surface area contributed by atoms with Crippen molar-refractivity contribution in [3.8, 4) is 0 Å². The molecule has 1 aliphatic rings. The number of hydrogen-bond acceptors (Lipinski definition) is 3. The van der Waals surface area contributed by atoms with Crippen LogP contribution in [0, 0.1) is 0 Å². The molecule has 0 bridgehead atoms. The first kappa shape index (κ1) is 9.31. The van der Waals surface area contributed by atoms with E-state index in [9.17, 15) is 4.79 Å². The molecule has 3 nitrogen and oxygen atoms in total. The van der Waals surface area contributed by atoms with Gasteiger partial charge in [-0.25, -0.2) is 4.79 Å². The first-order valence-electron chi connectivity index (χ1n) is 5.09. The zero-order chi connectivity index (χ0) is 9.97. The van der Waals surface area contributed by atoms with E-state index in [-0.39, 0.29) is 5.97 Å². The third kappa shape index (κ3) is 1.54. The molecule has 1 aliphatic carbocycles. The molecule has 0 atom stereocenters. The summed E-state index contributed by atoms with van der Waals surface area (Å²) in [5.41, 5.74) is 2.24. The van der Waals surface area contributed by atoms with Gasteiger partial charge in [0.05, 0.1) is 12.9 Å². The van der Waals surface area contributed by atoms with Crippen molar-refractivity contribution in [3.63, 3.8) is 0 Å². The van der Waals surface area contributed by atoms with Gasteiger partial charge in [0.2, 0.25) is 5.76 Å². The number of rotatable bonds is 2. The molecule has 0 N–H and O–H groups in total. The largest absolute Gasteiger partial charge is 0.460 e. The normalized spacial score (nSPS) is 14.9. The third-order valence-electron chi connectivity index (χ3n) is 2.56. The molecular weight excluding hydrogens is 180 g/mol.